The van der Waals surface area contributed by atoms with Gasteiger partial charge in [-0.05, 0) is 62.3 Å². The summed E-state index contributed by atoms with van der Waals surface area (Å²) in [5.74, 6) is 0.204. The van der Waals surface area contributed by atoms with Crippen LogP contribution in [0, 0.1) is 11.8 Å². The first-order valence-corrected chi connectivity index (χ1v) is 12.4. The number of amides is 1. The lowest BCUT2D eigenvalue weighted by molar-refractivity contribution is -0.145. The molecule has 1 aliphatic heterocycles. The summed E-state index contributed by atoms with van der Waals surface area (Å²) in [5.41, 5.74) is 0.574. The molecular weight excluding hydrogens is 414 g/mol. The number of alkyl carbamates (subject to hydrolysis) is 1. The SMILES string of the molecule is CC(C)(C)OC(=O)N[C@@H](CC1CCCCC1)C1CC(Cc2ccc3ccccc3c2)C(=O)O1. The Kier molecular flexibility index (Phi) is 7.26. The van der Waals surface area contributed by atoms with Gasteiger partial charge < -0.3 is 14.8 Å². The average molecular weight is 452 g/mol. The Hall–Kier alpha value is -2.56. The monoisotopic (exact) mass is 451 g/mol. The van der Waals surface area contributed by atoms with E-state index in [0.717, 1.165) is 12.0 Å². The van der Waals surface area contributed by atoms with Gasteiger partial charge in [0.25, 0.3) is 0 Å². The maximum absolute atomic E-state index is 12.8. The van der Waals surface area contributed by atoms with Crippen molar-refractivity contribution >= 4 is 22.8 Å². The molecule has 1 N–H and O–H groups in total. The number of benzene rings is 2. The molecule has 2 fully saturated rings. The number of ether oxygens (including phenoxy) is 2. The molecule has 1 heterocycles. The van der Waals surface area contributed by atoms with Crippen LogP contribution in [0.4, 0.5) is 4.79 Å². The van der Waals surface area contributed by atoms with E-state index >= 15 is 0 Å². The van der Waals surface area contributed by atoms with Gasteiger partial charge in [-0.2, -0.15) is 0 Å². The van der Waals surface area contributed by atoms with Crippen molar-refractivity contribution in [2.24, 2.45) is 11.8 Å². The van der Waals surface area contributed by atoms with Crippen molar-refractivity contribution in [1.82, 2.24) is 5.32 Å². The molecule has 5 heteroatoms. The summed E-state index contributed by atoms with van der Waals surface area (Å²) in [6.45, 7) is 5.58. The second-order valence-corrected chi connectivity index (χ2v) is 10.8. The lowest BCUT2D eigenvalue weighted by Crippen LogP contribution is -2.46. The van der Waals surface area contributed by atoms with Crippen LogP contribution in [0.1, 0.15) is 71.3 Å². The van der Waals surface area contributed by atoms with Crippen molar-refractivity contribution < 1.29 is 19.1 Å². The van der Waals surface area contributed by atoms with Crippen LogP contribution in [0.2, 0.25) is 0 Å². The fourth-order valence-corrected chi connectivity index (χ4v) is 5.28. The molecule has 4 rings (SSSR count). The molecule has 178 valence electrons. The summed E-state index contributed by atoms with van der Waals surface area (Å²) < 4.78 is 11.4. The minimum atomic E-state index is -0.565. The number of hydrogen-bond donors (Lipinski definition) is 1. The Morgan fingerprint density at radius 3 is 2.55 bits per heavy atom. The van der Waals surface area contributed by atoms with Crippen LogP contribution < -0.4 is 5.32 Å². The molecule has 2 aromatic rings. The second-order valence-electron chi connectivity index (χ2n) is 10.8. The quantitative estimate of drug-likeness (QED) is 0.533. The van der Waals surface area contributed by atoms with E-state index in [1.54, 1.807) is 0 Å². The second kappa shape index (κ2) is 10.1. The number of rotatable bonds is 6. The smallest absolute Gasteiger partial charge is 0.408 e. The predicted molar refractivity (Wildman–Crippen MR) is 130 cm³/mol. The third-order valence-electron chi connectivity index (χ3n) is 6.88. The third-order valence-corrected chi connectivity index (χ3v) is 6.88. The normalized spacial score (nSPS) is 22.7. The Morgan fingerprint density at radius 2 is 1.82 bits per heavy atom. The topological polar surface area (TPSA) is 64.6 Å². The number of fused-ring (bicyclic) bond motifs is 1. The van der Waals surface area contributed by atoms with Crippen LogP contribution in [0.5, 0.6) is 0 Å². The summed E-state index contributed by atoms with van der Waals surface area (Å²) in [7, 11) is 0. The molecule has 3 atom stereocenters. The summed E-state index contributed by atoms with van der Waals surface area (Å²) >= 11 is 0. The fraction of sp³-hybridized carbons (Fsp3) is 0.571. The molecule has 33 heavy (non-hydrogen) atoms. The van der Waals surface area contributed by atoms with Crippen LogP contribution >= 0.6 is 0 Å². The highest BCUT2D eigenvalue weighted by Crippen LogP contribution is 2.33. The van der Waals surface area contributed by atoms with Crippen LogP contribution in [0.3, 0.4) is 0 Å². The molecule has 0 bridgehead atoms. The van der Waals surface area contributed by atoms with Crippen molar-refractivity contribution in [3.05, 3.63) is 48.0 Å². The van der Waals surface area contributed by atoms with Gasteiger partial charge in [-0.3, -0.25) is 4.79 Å². The Morgan fingerprint density at radius 1 is 1.09 bits per heavy atom. The predicted octanol–water partition coefficient (Wildman–Crippen LogP) is 6.18. The van der Waals surface area contributed by atoms with Gasteiger partial charge in [0.15, 0.2) is 0 Å². The summed E-state index contributed by atoms with van der Waals surface area (Å²) in [6.07, 6.45) is 7.47. The zero-order valence-electron chi connectivity index (χ0n) is 20.1. The van der Waals surface area contributed by atoms with Crippen molar-refractivity contribution in [2.45, 2.75) is 89.9 Å². The van der Waals surface area contributed by atoms with E-state index in [9.17, 15) is 9.59 Å². The number of nitrogens with one attached hydrogen (secondary N) is 1. The summed E-state index contributed by atoms with van der Waals surface area (Å²) in [6, 6.07) is 14.4. The highest BCUT2D eigenvalue weighted by molar-refractivity contribution is 5.83. The van der Waals surface area contributed by atoms with Gasteiger partial charge in [-0.15, -0.1) is 0 Å². The Bertz CT molecular complexity index is 973. The molecule has 5 nitrogen and oxygen atoms in total. The number of esters is 1. The van der Waals surface area contributed by atoms with Gasteiger partial charge in [0, 0.05) is 0 Å². The number of carbonyl (C=O) groups is 2. The van der Waals surface area contributed by atoms with Crippen molar-refractivity contribution in [3.63, 3.8) is 0 Å². The van der Waals surface area contributed by atoms with Crippen molar-refractivity contribution in [2.75, 3.05) is 0 Å². The van der Waals surface area contributed by atoms with Crippen LogP contribution in [0.15, 0.2) is 42.5 Å². The Balaban J connectivity index is 1.44. The van der Waals surface area contributed by atoms with Crippen LogP contribution in [-0.2, 0) is 20.7 Å². The van der Waals surface area contributed by atoms with Crippen LogP contribution in [-0.4, -0.2) is 29.8 Å². The van der Waals surface area contributed by atoms with Crippen LogP contribution in [0.25, 0.3) is 10.8 Å². The molecule has 2 aromatic carbocycles. The van der Waals surface area contributed by atoms with Gasteiger partial charge in [-0.25, -0.2) is 4.79 Å². The fourth-order valence-electron chi connectivity index (χ4n) is 5.28. The number of cyclic esters (lactones) is 1. The lowest BCUT2D eigenvalue weighted by atomic mass is 9.82. The van der Waals surface area contributed by atoms with Gasteiger partial charge in [0.05, 0.1) is 12.0 Å². The average Bonchev–Trinajstić information content (AvgIpc) is 3.13. The van der Waals surface area contributed by atoms with E-state index in [4.69, 9.17) is 9.47 Å². The molecule has 2 aliphatic rings. The number of carbonyl (C=O) groups excluding carboxylic acids is 2. The zero-order chi connectivity index (χ0) is 23.4. The third kappa shape index (κ3) is 6.49. The molecule has 0 radical (unpaired) electrons. The molecular formula is C28H37NO4. The van der Waals surface area contributed by atoms with Crippen molar-refractivity contribution in [3.8, 4) is 0 Å². The summed E-state index contributed by atoms with van der Waals surface area (Å²) in [4.78, 5) is 25.4. The van der Waals surface area contributed by atoms with E-state index in [1.165, 1.54) is 42.9 Å². The van der Waals surface area contributed by atoms with E-state index in [1.807, 2.05) is 32.9 Å². The molecule has 0 spiro atoms. The van der Waals surface area contributed by atoms with Gasteiger partial charge in [0.2, 0.25) is 0 Å². The van der Waals surface area contributed by atoms with Gasteiger partial charge in [-0.1, -0.05) is 74.6 Å². The molecule has 1 saturated carbocycles. The maximum Gasteiger partial charge on any atom is 0.408 e. The first-order chi connectivity index (χ1) is 15.8. The van der Waals surface area contributed by atoms with Gasteiger partial charge >= 0.3 is 12.1 Å². The summed E-state index contributed by atoms with van der Waals surface area (Å²) in [5, 5.41) is 5.43. The lowest BCUT2D eigenvalue weighted by Gasteiger charge is -2.30. The molecule has 0 aromatic heterocycles. The Labute approximate surface area is 197 Å². The molecule has 1 aliphatic carbocycles. The zero-order valence-corrected chi connectivity index (χ0v) is 20.1. The first kappa shape index (κ1) is 23.6. The standard InChI is InChI=1S/C28H37NO4/c1-28(2,3)33-27(31)29-24(17-19-9-5-4-6-10-19)25-18-23(26(30)32-25)16-20-13-14-21-11-7-8-12-22(21)15-20/h7-8,11-15,19,23-25H,4-6,9-10,16-18H2,1-3H3,(H,29,31)/t23?,24-,25?/m0/s1. The number of hydrogen-bond acceptors (Lipinski definition) is 4. The maximum atomic E-state index is 12.8. The molecule has 1 amide bonds. The first-order valence-electron chi connectivity index (χ1n) is 12.4. The van der Waals surface area contributed by atoms with Crippen molar-refractivity contribution in [1.29, 1.82) is 0 Å². The van der Waals surface area contributed by atoms with E-state index < -0.39 is 11.7 Å². The van der Waals surface area contributed by atoms with E-state index in [2.05, 4.69) is 35.6 Å². The molecule has 2 unspecified atom stereocenters. The molecule has 1 saturated heterocycles. The minimum Gasteiger partial charge on any atom is -0.460 e. The minimum absolute atomic E-state index is 0.159. The highest BCUT2D eigenvalue weighted by Gasteiger charge is 2.40. The van der Waals surface area contributed by atoms with E-state index in [0.29, 0.717) is 18.8 Å². The largest absolute Gasteiger partial charge is 0.460 e. The van der Waals surface area contributed by atoms with Gasteiger partial charge in [0.1, 0.15) is 11.7 Å². The van der Waals surface area contributed by atoms with E-state index in [-0.39, 0.29) is 24.0 Å². The highest BCUT2D eigenvalue weighted by atomic mass is 16.6.